The van der Waals surface area contributed by atoms with Crippen molar-refractivity contribution in [2.75, 3.05) is 4.90 Å². The van der Waals surface area contributed by atoms with E-state index in [0.29, 0.717) is 16.7 Å². The average Bonchev–Trinajstić information content (AvgIpc) is 2.71. The minimum atomic E-state index is -4.75. The Hall–Kier alpha value is -3.36. The highest BCUT2D eigenvalue weighted by atomic mass is 19.4. The fourth-order valence-electron chi connectivity index (χ4n) is 3.52. The number of aromatic nitrogens is 1. The summed E-state index contributed by atoms with van der Waals surface area (Å²) >= 11 is 0. The van der Waals surface area contributed by atoms with E-state index in [1.165, 1.54) is 0 Å². The Bertz CT molecular complexity index is 1180. The molecule has 2 aromatic carbocycles. The quantitative estimate of drug-likeness (QED) is 0.432. The molecule has 2 heterocycles. The number of aliphatic imine (C=N–C) groups is 1. The lowest BCUT2D eigenvalue weighted by Gasteiger charge is -2.37. The lowest BCUT2D eigenvalue weighted by molar-refractivity contribution is -0.145. The maximum atomic E-state index is 13.8. The molecule has 1 aromatic heterocycles. The van der Waals surface area contributed by atoms with E-state index in [1.54, 1.807) is 37.4 Å². The van der Waals surface area contributed by atoms with Crippen molar-refractivity contribution in [1.29, 1.82) is 0 Å². The number of fused-ring (bicyclic) bond motifs is 1. The highest BCUT2D eigenvalue weighted by Crippen LogP contribution is 2.41. The molecule has 160 valence electrons. The summed E-state index contributed by atoms with van der Waals surface area (Å²) in [7, 11) is 0. The van der Waals surface area contributed by atoms with Crippen LogP contribution in [0.25, 0.3) is 16.6 Å². The van der Waals surface area contributed by atoms with Gasteiger partial charge in [0.2, 0.25) is 6.17 Å². The van der Waals surface area contributed by atoms with Gasteiger partial charge in [-0.05, 0) is 48.9 Å². The second-order valence-electron chi connectivity index (χ2n) is 7.05. The van der Waals surface area contributed by atoms with E-state index in [0.717, 1.165) is 40.8 Å². The first-order valence-electron chi connectivity index (χ1n) is 9.18. The third kappa shape index (κ3) is 3.99. The van der Waals surface area contributed by atoms with Crippen molar-refractivity contribution < 1.29 is 26.3 Å². The Balaban J connectivity index is 1.88. The summed E-state index contributed by atoms with van der Waals surface area (Å²) in [4.78, 5) is 8.79. The van der Waals surface area contributed by atoms with Gasteiger partial charge < -0.3 is 4.90 Å². The molecule has 0 saturated carbocycles. The number of anilines is 1. The molecule has 1 aliphatic rings. The molecular weight excluding hydrogens is 420 g/mol. The van der Waals surface area contributed by atoms with Crippen molar-refractivity contribution in [3.8, 4) is 0 Å². The van der Waals surface area contributed by atoms with Crippen LogP contribution in [-0.4, -0.2) is 23.5 Å². The van der Waals surface area contributed by atoms with Crippen LogP contribution >= 0.6 is 0 Å². The summed E-state index contributed by atoms with van der Waals surface area (Å²) in [6.45, 7) is 1.60. The Morgan fingerprint density at radius 2 is 1.61 bits per heavy atom. The van der Waals surface area contributed by atoms with E-state index >= 15 is 0 Å². The second-order valence-corrected chi connectivity index (χ2v) is 7.05. The van der Waals surface area contributed by atoms with Crippen LogP contribution < -0.4 is 4.90 Å². The van der Waals surface area contributed by atoms with Gasteiger partial charge in [-0.15, -0.1) is 0 Å². The molecule has 0 aliphatic carbocycles. The normalized spacial score (nSPS) is 17.5. The first-order valence-corrected chi connectivity index (χ1v) is 9.18. The van der Waals surface area contributed by atoms with E-state index < -0.39 is 24.1 Å². The summed E-state index contributed by atoms with van der Waals surface area (Å²) in [6, 6.07) is 12.2. The third-order valence-corrected chi connectivity index (χ3v) is 4.91. The first kappa shape index (κ1) is 20.9. The van der Waals surface area contributed by atoms with Crippen LogP contribution in [0, 0.1) is 0 Å². The molecule has 4 rings (SSSR count). The van der Waals surface area contributed by atoms with Crippen LogP contribution in [0.2, 0.25) is 0 Å². The third-order valence-electron chi connectivity index (χ3n) is 4.91. The molecule has 0 radical (unpaired) electrons. The monoisotopic (exact) mass is 435 g/mol. The Morgan fingerprint density at radius 1 is 0.903 bits per heavy atom. The van der Waals surface area contributed by atoms with Gasteiger partial charge in [0.25, 0.3) is 0 Å². The van der Waals surface area contributed by atoms with E-state index in [-0.39, 0.29) is 11.4 Å². The number of rotatable bonds is 2. The van der Waals surface area contributed by atoms with Gasteiger partial charge in [-0.2, -0.15) is 26.3 Å². The van der Waals surface area contributed by atoms with Gasteiger partial charge in [0.15, 0.2) is 0 Å². The molecule has 0 N–H and O–H groups in total. The van der Waals surface area contributed by atoms with Crippen LogP contribution in [0.1, 0.15) is 18.1 Å². The topological polar surface area (TPSA) is 28.5 Å². The van der Waals surface area contributed by atoms with Crippen LogP contribution in [0.15, 0.2) is 71.4 Å². The standard InChI is InChI=1S/C22H15F6N3/c1-13-12-30-20(22(26,27)28)31(17-8-6-16(7-9-17)21(23,24)25)19(13)15-5-4-14-3-2-10-29-18(14)11-15/h2-12,20H,1H3. The zero-order valence-electron chi connectivity index (χ0n) is 16.0. The lowest BCUT2D eigenvalue weighted by Crippen LogP contribution is -2.45. The van der Waals surface area contributed by atoms with Gasteiger partial charge >= 0.3 is 12.4 Å². The van der Waals surface area contributed by atoms with E-state index in [2.05, 4.69) is 9.98 Å². The van der Waals surface area contributed by atoms with Gasteiger partial charge in [-0.3, -0.25) is 9.98 Å². The van der Waals surface area contributed by atoms with Crippen molar-refractivity contribution >= 4 is 28.5 Å². The first-order chi connectivity index (χ1) is 14.6. The highest BCUT2D eigenvalue weighted by molar-refractivity contribution is 5.99. The minimum Gasteiger partial charge on any atom is -0.310 e. The van der Waals surface area contributed by atoms with Gasteiger partial charge in [-0.1, -0.05) is 18.2 Å². The summed E-state index contributed by atoms with van der Waals surface area (Å²) in [5.74, 6) is 0. The fourth-order valence-corrected chi connectivity index (χ4v) is 3.52. The molecule has 9 heteroatoms. The smallest absolute Gasteiger partial charge is 0.310 e. The summed E-state index contributed by atoms with van der Waals surface area (Å²) < 4.78 is 80.4. The lowest BCUT2D eigenvalue weighted by atomic mass is 10.0. The Kier molecular flexibility index (Phi) is 4.99. The number of benzene rings is 2. The minimum absolute atomic E-state index is 0.0531. The van der Waals surface area contributed by atoms with Crippen LogP contribution in [0.4, 0.5) is 32.0 Å². The molecule has 3 aromatic rings. The Morgan fingerprint density at radius 3 is 2.26 bits per heavy atom. The van der Waals surface area contributed by atoms with Gasteiger partial charge in [-0.25, -0.2) is 0 Å². The fraction of sp³-hybridized carbons (Fsp3) is 0.182. The van der Waals surface area contributed by atoms with Crippen LogP contribution in [-0.2, 0) is 6.18 Å². The molecule has 0 spiro atoms. The maximum absolute atomic E-state index is 13.8. The van der Waals surface area contributed by atoms with E-state index in [9.17, 15) is 26.3 Å². The van der Waals surface area contributed by atoms with Crippen LogP contribution in [0.5, 0.6) is 0 Å². The zero-order chi connectivity index (χ0) is 22.4. The maximum Gasteiger partial charge on any atom is 0.429 e. The molecule has 3 nitrogen and oxygen atoms in total. The van der Waals surface area contributed by atoms with E-state index in [4.69, 9.17) is 0 Å². The van der Waals surface area contributed by atoms with Crippen molar-refractivity contribution in [1.82, 2.24) is 4.98 Å². The number of nitrogens with zero attached hydrogens (tertiary/aromatic N) is 3. The SMILES string of the molecule is CC1=C(c2ccc3cccnc3c2)N(c2ccc(C(F)(F)F)cc2)C(C(F)(F)F)N=C1. The molecule has 0 saturated heterocycles. The van der Waals surface area contributed by atoms with Gasteiger partial charge in [0.05, 0.1) is 16.8 Å². The molecule has 0 fully saturated rings. The number of hydrogen-bond acceptors (Lipinski definition) is 3. The van der Waals surface area contributed by atoms with Crippen LogP contribution in [0.3, 0.4) is 0 Å². The highest BCUT2D eigenvalue weighted by Gasteiger charge is 2.47. The van der Waals surface area contributed by atoms with Crippen molar-refractivity contribution in [3.05, 3.63) is 77.5 Å². The van der Waals surface area contributed by atoms with E-state index in [1.807, 2.05) is 6.07 Å². The molecule has 0 bridgehead atoms. The summed E-state index contributed by atoms with van der Waals surface area (Å²) in [5.41, 5.74) is 0.670. The molecule has 1 aliphatic heterocycles. The average molecular weight is 435 g/mol. The molecular formula is C22H15F6N3. The van der Waals surface area contributed by atoms with Gasteiger partial charge in [0, 0.05) is 29.0 Å². The van der Waals surface area contributed by atoms with Gasteiger partial charge in [0.1, 0.15) is 0 Å². The molecule has 1 unspecified atom stereocenters. The number of hydrogen-bond donors (Lipinski definition) is 0. The largest absolute Gasteiger partial charge is 0.429 e. The summed E-state index contributed by atoms with van der Waals surface area (Å²) in [6.07, 6.45) is -8.92. The molecule has 1 atom stereocenters. The molecule has 31 heavy (non-hydrogen) atoms. The van der Waals surface area contributed by atoms with Crippen molar-refractivity contribution in [2.45, 2.75) is 25.4 Å². The number of allylic oxidation sites excluding steroid dienone is 1. The number of alkyl halides is 6. The zero-order valence-corrected chi connectivity index (χ0v) is 16.0. The number of pyridine rings is 1. The van der Waals surface area contributed by atoms with Crippen molar-refractivity contribution in [3.63, 3.8) is 0 Å². The van der Waals surface area contributed by atoms with Crippen molar-refractivity contribution in [2.24, 2.45) is 4.99 Å². The predicted octanol–water partition coefficient (Wildman–Crippen LogP) is 6.46. The Labute approximate surface area is 173 Å². The number of halogens is 6. The molecule has 0 amide bonds. The summed E-state index contributed by atoms with van der Waals surface area (Å²) in [5, 5.41) is 0.808. The predicted molar refractivity (Wildman–Crippen MR) is 107 cm³/mol. The second kappa shape index (κ2) is 7.40.